The molecule has 1 aromatic carbocycles. The molecule has 0 radical (unpaired) electrons. The Hall–Kier alpha value is -1.48. The molecule has 0 aliphatic rings. The molecule has 2 aromatic rings. The van der Waals surface area contributed by atoms with Crippen molar-refractivity contribution < 1.29 is 9.18 Å². The second kappa shape index (κ2) is 5.03. The van der Waals surface area contributed by atoms with Gasteiger partial charge in [-0.1, -0.05) is 6.07 Å². The maximum absolute atomic E-state index is 12.6. The Labute approximate surface area is 97.6 Å². The van der Waals surface area contributed by atoms with E-state index in [1.807, 2.05) is 17.5 Å². The van der Waals surface area contributed by atoms with Crippen LogP contribution >= 0.6 is 11.3 Å². The number of hydrogen-bond donors (Lipinski definition) is 0. The highest BCUT2D eigenvalue weighted by Crippen LogP contribution is 2.13. The van der Waals surface area contributed by atoms with Crippen LogP contribution in [0.15, 0.2) is 41.8 Å². The van der Waals surface area contributed by atoms with Crippen molar-refractivity contribution in [2.75, 3.05) is 0 Å². The molecular formula is C13H11FOS. The minimum absolute atomic E-state index is 0.0633. The molecule has 82 valence electrons. The first-order chi connectivity index (χ1) is 7.75. The minimum Gasteiger partial charge on any atom is -0.294 e. The Morgan fingerprint density at radius 1 is 1.19 bits per heavy atom. The number of hydrogen-bond acceptors (Lipinski definition) is 2. The number of Topliss-reactive ketones (excluding diaryl/α,β-unsaturated/α-hetero) is 1. The lowest BCUT2D eigenvalue weighted by Crippen LogP contribution is -2.00. The van der Waals surface area contributed by atoms with Gasteiger partial charge in [-0.2, -0.15) is 0 Å². The second-order valence-corrected chi connectivity index (χ2v) is 4.54. The summed E-state index contributed by atoms with van der Waals surface area (Å²) in [6.45, 7) is 0. The van der Waals surface area contributed by atoms with Gasteiger partial charge in [0.1, 0.15) is 5.82 Å². The third-order valence-electron chi connectivity index (χ3n) is 2.34. The summed E-state index contributed by atoms with van der Waals surface area (Å²) >= 11 is 1.65. The van der Waals surface area contributed by atoms with Gasteiger partial charge in [-0.3, -0.25) is 4.79 Å². The summed E-state index contributed by atoms with van der Waals surface area (Å²) in [6, 6.07) is 9.69. The first kappa shape index (κ1) is 11.0. The Kier molecular flexibility index (Phi) is 3.47. The van der Waals surface area contributed by atoms with Gasteiger partial charge in [-0.25, -0.2) is 4.39 Å². The molecule has 16 heavy (non-hydrogen) atoms. The normalized spacial score (nSPS) is 10.3. The molecule has 0 aliphatic carbocycles. The Morgan fingerprint density at radius 2 is 1.94 bits per heavy atom. The van der Waals surface area contributed by atoms with Crippen molar-refractivity contribution in [3.63, 3.8) is 0 Å². The molecule has 0 saturated carbocycles. The van der Waals surface area contributed by atoms with Crippen molar-refractivity contribution >= 4 is 17.1 Å². The average Bonchev–Trinajstić information content (AvgIpc) is 2.80. The van der Waals surface area contributed by atoms with Crippen molar-refractivity contribution in [2.45, 2.75) is 12.8 Å². The molecule has 0 aliphatic heterocycles. The topological polar surface area (TPSA) is 17.1 Å². The van der Waals surface area contributed by atoms with E-state index in [1.54, 1.807) is 11.3 Å². The van der Waals surface area contributed by atoms with Gasteiger partial charge >= 0.3 is 0 Å². The summed E-state index contributed by atoms with van der Waals surface area (Å²) in [5.74, 6) is -0.247. The fourth-order valence-corrected chi connectivity index (χ4v) is 2.18. The highest BCUT2D eigenvalue weighted by Gasteiger charge is 2.06. The molecule has 0 spiro atoms. The Morgan fingerprint density at radius 3 is 2.56 bits per heavy atom. The summed E-state index contributed by atoms with van der Waals surface area (Å²) in [7, 11) is 0. The van der Waals surface area contributed by atoms with Gasteiger partial charge < -0.3 is 0 Å². The third-order valence-corrected chi connectivity index (χ3v) is 3.28. The van der Waals surface area contributed by atoms with Crippen LogP contribution in [0.5, 0.6) is 0 Å². The summed E-state index contributed by atoms with van der Waals surface area (Å²) in [4.78, 5) is 12.9. The van der Waals surface area contributed by atoms with Crippen LogP contribution in [0.25, 0.3) is 0 Å². The van der Waals surface area contributed by atoms with Crippen molar-refractivity contribution in [2.24, 2.45) is 0 Å². The second-order valence-electron chi connectivity index (χ2n) is 3.51. The number of thiophene rings is 1. The quantitative estimate of drug-likeness (QED) is 0.737. The lowest BCUT2D eigenvalue weighted by atomic mass is 10.1. The fraction of sp³-hybridized carbons (Fsp3) is 0.154. The molecular weight excluding hydrogens is 223 g/mol. The number of rotatable bonds is 4. The minimum atomic E-state index is -0.310. The fourth-order valence-electron chi connectivity index (χ4n) is 1.47. The summed E-state index contributed by atoms with van der Waals surface area (Å²) in [5, 5.41) is 2.00. The molecule has 0 saturated heterocycles. The van der Waals surface area contributed by atoms with E-state index in [0.29, 0.717) is 12.0 Å². The number of aryl methyl sites for hydroxylation is 1. The van der Waals surface area contributed by atoms with Crippen LogP contribution in [0.3, 0.4) is 0 Å². The van der Waals surface area contributed by atoms with Crippen LogP contribution in [-0.2, 0) is 6.42 Å². The van der Waals surface area contributed by atoms with E-state index in [1.165, 1.54) is 29.1 Å². The van der Waals surface area contributed by atoms with E-state index in [-0.39, 0.29) is 11.6 Å². The van der Waals surface area contributed by atoms with Crippen LogP contribution in [0.1, 0.15) is 21.7 Å². The van der Waals surface area contributed by atoms with Gasteiger partial charge in [0.15, 0.2) is 5.78 Å². The SMILES string of the molecule is O=C(CCc1cccs1)c1ccc(F)cc1. The van der Waals surface area contributed by atoms with Gasteiger partial charge in [0.05, 0.1) is 0 Å². The van der Waals surface area contributed by atoms with Gasteiger partial charge in [-0.05, 0) is 42.1 Å². The van der Waals surface area contributed by atoms with Crippen molar-refractivity contribution in [3.8, 4) is 0 Å². The monoisotopic (exact) mass is 234 g/mol. The van der Waals surface area contributed by atoms with E-state index in [4.69, 9.17) is 0 Å². The Balaban J connectivity index is 1.95. The molecule has 2 rings (SSSR count). The van der Waals surface area contributed by atoms with Crippen LogP contribution in [0.4, 0.5) is 4.39 Å². The average molecular weight is 234 g/mol. The summed E-state index contributed by atoms with van der Waals surface area (Å²) in [6.07, 6.45) is 1.24. The molecule has 0 atom stereocenters. The zero-order chi connectivity index (χ0) is 11.4. The smallest absolute Gasteiger partial charge is 0.163 e. The lowest BCUT2D eigenvalue weighted by molar-refractivity contribution is 0.0983. The number of carbonyl (C=O) groups is 1. The van der Waals surface area contributed by atoms with Crippen LogP contribution < -0.4 is 0 Å². The molecule has 1 heterocycles. The number of ketones is 1. The predicted octanol–water partition coefficient (Wildman–Crippen LogP) is 3.70. The zero-order valence-electron chi connectivity index (χ0n) is 8.65. The summed E-state index contributed by atoms with van der Waals surface area (Å²) in [5.41, 5.74) is 0.581. The number of benzene rings is 1. The number of halogens is 1. The van der Waals surface area contributed by atoms with E-state index in [9.17, 15) is 9.18 Å². The van der Waals surface area contributed by atoms with E-state index in [2.05, 4.69) is 0 Å². The van der Waals surface area contributed by atoms with Crippen molar-refractivity contribution in [3.05, 3.63) is 58.0 Å². The molecule has 0 N–H and O–H groups in total. The lowest BCUT2D eigenvalue weighted by Gasteiger charge is -1.99. The van der Waals surface area contributed by atoms with Crippen LogP contribution in [0.2, 0.25) is 0 Å². The van der Waals surface area contributed by atoms with Crippen LogP contribution in [-0.4, -0.2) is 5.78 Å². The third kappa shape index (κ3) is 2.76. The van der Waals surface area contributed by atoms with Crippen molar-refractivity contribution in [1.82, 2.24) is 0 Å². The zero-order valence-corrected chi connectivity index (χ0v) is 9.47. The molecule has 0 amide bonds. The van der Waals surface area contributed by atoms with Crippen molar-refractivity contribution in [1.29, 1.82) is 0 Å². The predicted molar refractivity (Wildman–Crippen MR) is 63.4 cm³/mol. The van der Waals surface area contributed by atoms with Gasteiger partial charge in [0.2, 0.25) is 0 Å². The number of carbonyl (C=O) groups excluding carboxylic acids is 1. The molecule has 0 fully saturated rings. The van der Waals surface area contributed by atoms with Gasteiger partial charge in [0.25, 0.3) is 0 Å². The maximum Gasteiger partial charge on any atom is 0.163 e. The first-order valence-corrected chi connectivity index (χ1v) is 5.95. The first-order valence-electron chi connectivity index (χ1n) is 5.07. The highest BCUT2D eigenvalue weighted by atomic mass is 32.1. The van der Waals surface area contributed by atoms with Gasteiger partial charge in [0, 0.05) is 16.9 Å². The maximum atomic E-state index is 12.6. The van der Waals surface area contributed by atoms with Gasteiger partial charge in [-0.15, -0.1) is 11.3 Å². The largest absolute Gasteiger partial charge is 0.294 e. The van der Waals surface area contributed by atoms with Crippen LogP contribution in [0, 0.1) is 5.82 Å². The molecule has 0 bridgehead atoms. The summed E-state index contributed by atoms with van der Waals surface area (Å²) < 4.78 is 12.6. The molecule has 1 aromatic heterocycles. The van der Waals surface area contributed by atoms with E-state index < -0.39 is 0 Å². The molecule has 0 unspecified atom stereocenters. The van der Waals surface area contributed by atoms with E-state index >= 15 is 0 Å². The standard InChI is InChI=1S/C13H11FOS/c14-11-5-3-10(4-6-11)13(15)8-7-12-2-1-9-16-12/h1-6,9H,7-8H2. The Bertz CT molecular complexity index is 459. The van der Waals surface area contributed by atoms with E-state index in [0.717, 1.165) is 6.42 Å². The molecule has 1 nitrogen and oxygen atoms in total. The molecule has 3 heteroatoms. The highest BCUT2D eigenvalue weighted by molar-refractivity contribution is 7.09.